The molecule has 4 N–H and O–H groups in total. The van der Waals surface area contributed by atoms with Crippen LogP contribution in [-0.2, 0) is 4.79 Å². The third-order valence-electron chi connectivity index (χ3n) is 5.35. The van der Waals surface area contributed by atoms with Crippen LogP contribution >= 0.6 is 0 Å². The maximum absolute atomic E-state index is 11.8. The molecule has 3 aliphatic carbocycles. The number of carbonyl (C=O) groups excluding carboxylic acids is 1. The van der Waals surface area contributed by atoms with E-state index in [0.29, 0.717) is 23.6 Å². The number of carbonyl (C=O) groups is 1. The molecule has 0 atom stereocenters. The van der Waals surface area contributed by atoms with Gasteiger partial charge in [0, 0.05) is 24.1 Å². The Kier molecular flexibility index (Phi) is 3.35. The standard InChI is InChI=1S/C18H20N4O3/c1-20-16(24)18-7-17(8-18,9-18)10-25-14-6-12(21-22-15(14)19)11-4-2-3-5-13(11)23/h2-6,23H,7-10H2,1H3,(H2,19,22)(H,20,24). The van der Waals surface area contributed by atoms with E-state index in [1.54, 1.807) is 31.3 Å². The number of nitrogens with one attached hydrogen (secondary N) is 1. The van der Waals surface area contributed by atoms with Crippen LogP contribution in [-0.4, -0.2) is 34.9 Å². The lowest BCUT2D eigenvalue weighted by Gasteiger charge is -2.68. The molecule has 7 nitrogen and oxygen atoms in total. The monoisotopic (exact) mass is 340 g/mol. The minimum atomic E-state index is -0.179. The molecule has 1 heterocycles. The number of rotatable bonds is 5. The number of aromatic nitrogens is 2. The van der Waals surface area contributed by atoms with Crippen LogP contribution in [0.15, 0.2) is 30.3 Å². The van der Waals surface area contributed by atoms with Crippen LogP contribution in [0.2, 0.25) is 0 Å². The summed E-state index contributed by atoms with van der Waals surface area (Å²) in [6, 6.07) is 8.60. The SMILES string of the molecule is CNC(=O)C12CC(COc3cc(-c4ccccc4O)nnc3N)(C1)C2. The Morgan fingerprint density at radius 3 is 2.72 bits per heavy atom. The predicted octanol–water partition coefficient (Wildman–Crippen LogP) is 1.73. The van der Waals surface area contributed by atoms with Crippen molar-refractivity contribution in [3.63, 3.8) is 0 Å². The highest BCUT2D eigenvalue weighted by Gasteiger charge is 2.71. The Bertz CT molecular complexity index is 832. The van der Waals surface area contributed by atoms with Crippen molar-refractivity contribution in [2.75, 3.05) is 19.4 Å². The molecule has 2 aromatic rings. The van der Waals surface area contributed by atoms with Gasteiger partial charge in [-0.15, -0.1) is 10.2 Å². The van der Waals surface area contributed by atoms with E-state index >= 15 is 0 Å². The second kappa shape index (κ2) is 5.34. The van der Waals surface area contributed by atoms with Crippen molar-refractivity contribution in [3.8, 4) is 22.8 Å². The van der Waals surface area contributed by atoms with Crippen LogP contribution in [0.4, 0.5) is 5.82 Å². The number of nitrogens with two attached hydrogens (primary N) is 1. The minimum Gasteiger partial charge on any atom is -0.507 e. The molecule has 0 radical (unpaired) electrons. The maximum Gasteiger partial charge on any atom is 0.226 e. The number of para-hydroxylation sites is 1. The Balaban J connectivity index is 1.47. The third kappa shape index (κ3) is 2.38. The van der Waals surface area contributed by atoms with Gasteiger partial charge >= 0.3 is 0 Å². The van der Waals surface area contributed by atoms with E-state index in [1.807, 2.05) is 6.07 Å². The van der Waals surface area contributed by atoms with Crippen LogP contribution < -0.4 is 15.8 Å². The fourth-order valence-corrected chi connectivity index (χ4v) is 4.21. The number of hydrogen-bond donors (Lipinski definition) is 3. The average molecular weight is 340 g/mol. The molecule has 3 saturated carbocycles. The second-order valence-electron chi connectivity index (χ2n) is 7.17. The fourth-order valence-electron chi connectivity index (χ4n) is 4.21. The number of nitrogens with zero attached hydrogens (tertiary/aromatic N) is 2. The summed E-state index contributed by atoms with van der Waals surface area (Å²) in [4.78, 5) is 11.8. The van der Waals surface area contributed by atoms with Crippen LogP contribution in [0.1, 0.15) is 19.3 Å². The zero-order valence-electron chi connectivity index (χ0n) is 14.0. The lowest BCUT2D eigenvalue weighted by atomic mass is 9.35. The molecule has 3 fully saturated rings. The van der Waals surface area contributed by atoms with E-state index in [2.05, 4.69) is 15.5 Å². The second-order valence-corrected chi connectivity index (χ2v) is 7.17. The highest BCUT2D eigenvalue weighted by Crippen LogP contribution is 2.73. The average Bonchev–Trinajstić information content (AvgIpc) is 2.54. The number of hydrogen-bond acceptors (Lipinski definition) is 6. The van der Waals surface area contributed by atoms with E-state index in [1.165, 1.54) is 0 Å². The van der Waals surface area contributed by atoms with Crippen molar-refractivity contribution in [1.82, 2.24) is 15.5 Å². The van der Waals surface area contributed by atoms with E-state index in [4.69, 9.17) is 10.5 Å². The van der Waals surface area contributed by atoms with Gasteiger partial charge in [0.15, 0.2) is 11.6 Å². The van der Waals surface area contributed by atoms with Crippen LogP contribution in [0, 0.1) is 10.8 Å². The van der Waals surface area contributed by atoms with E-state index in [9.17, 15) is 9.90 Å². The zero-order chi connectivity index (χ0) is 17.7. The number of phenols is 1. The van der Waals surface area contributed by atoms with E-state index in [-0.39, 0.29) is 28.3 Å². The first kappa shape index (κ1) is 15.7. The Labute approximate surface area is 145 Å². The van der Waals surface area contributed by atoms with Gasteiger partial charge in [0.2, 0.25) is 5.91 Å². The molecular weight excluding hydrogens is 320 g/mol. The Morgan fingerprint density at radius 1 is 1.32 bits per heavy atom. The molecule has 1 aromatic heterocycles. The van der Waals surface area contributed by atoms with Gasteiger partial charge in [-0.25, -0.2) is 0 Å². The van der Waals surface area contributed by atoms with Gasteiger partial charge < -0.3 is 20.9 Å². The minimum absolute atomic E-state index is 0.0667. The van der Waals surface area contributed by atoms with Gasteiger partial charge in [-0.3, -0.25) is 4.79 Å². The van der Waals surface area contributed by atoms with Crippen LogP contribution in [0.3, 0.4) is 0 Å². The van der Waals surface area contributed by atoms with Gasteiger partial charge in [0.05, 0.1) is 12.0 Å². The summed E-state index contributed by atoms with van der Waals surface area (Å²) >= 11 is 0. The number of phenolic OH excluding ortho intramolecular Hbond substituents is 1. The van der Waals surface area contributed by atoms with Crippen molar-refractivity contribution < 1.29 is 14.6 Å². The van der Waals surface area contributed by atoms with Crippen LogP contribution in [0.25, 0.3) is 11.3 Å². The number of ether oxygens (including phenoxy) is 1. The molecule has 0 unspecified atom stereocenters. The lowest BCUT2D eigenvalue weighted by molar-refractivity contribution is -0.217. The molecule has 0 saturated heterocycles. The normalized spacial score (nSPS) is 26.3. The van der Waals surface area contributed by atoms with E-state index in [0.717, 1.165) is 19.3 Å². The van der Waals surface area contributed by atoms with Gasteiger partial charge in [-0.2, -0.15) is 0 Å². The van der Waals surface area contributed by atoms with Gasteiger partial charge in [-0.05, 0) is 31.4 Å². The molecule has 1 amide bonds. The quantitative estimate of drug-likeness (QED) is 0.764. The molecule has 0 spiro atoms. The molecular formula is C18H20N4O3. The number of amides is 1. The predicted molar refractivity (Wildman–Crippen MR) is 91.8 cm³/mol. The first-order chi connectivity index (χ1) is 12.0. The molecule has 0 aliphatic heterocycles. The molecule has 3 aliphatic rings. The fraction of sp³-hybridized carbons (Fsp3) is 0.389. The number of aromatic hydroxyl groups is 1. The molecule has 130 valence electrons. The molecule has 5 rings (SSSR count). The first-order valence-electron chi connectivity index (χ1n) is 8.24. The van der Waals surface area contributed by atoms with E-state index < -0.39 is 0 Å². The summed E-state index contributed by atoms with van der Waals surface area (Å²) in [7, 11) is 1.68. The van der Waals surface area contributed by atoms with Crippen molar-refractivity contribution >= 4 is 11.7 Å². The molecule has 2 bridgehead atoms. The summed E-state index contributed by atoms with van der Waals surface area (Å²) in [6.07, 6.45) is 2.55. The van der Waals surface area contributed by atoms with Gasteiger partial charge in [-0.1, -0.05) is 12.1 Å². The molecule has 25 heavy (non-hydrogen) atoms. The third-order valence-corrected chi connectivity index (χ3v) is 5.35. The highest BCUT2D eigenvalue weighted by atomic mass is 16.5. The lowest BCUT2D eigenvalue weighted by Crippen LogP contribution is -2.69. The van der Waals surface area contributed by atoms with Crippen molar-refractivity contribution in [3.05, 3.63) is 30.3 Å². The maximum atomic E-state index is 11.8. The van der Waals surface area contributed by atoms with Crippen LogP contribution in [0.5, 0.6) is 11.5 Å². The topological polar surface area (TPSA) is 110 Å². The van der Waals surface area contributed by atoms with Gasteiger partial charge in [0.25, 0.3) is 0 Å². The largest absolute Gasteiger partial charge is 0.507 e. The van der Waals surface area contributed by atoms with Crippen molar-refractivity contribution in [2.45, 2.75) is 19.3 Å². The number of benzene rings is 1. The smallest absolute Gasteiger partial charge is 0.226 e. The zero-order valence-corrected chi connectivity index (χ0v) is 14.0. The Morgan fingerprint density at radius 2 is 2.04 bits per heavy atom. The summed E-state index contributed by atoms with van der Waals surface area (Å²) in [5.74, 6) is 0.916. The van der Waals surface area contributed by atoms with Crippen molar-refractivity contribution in [2.24, 2.45) is 10.8 Å². The summed E-state index contributed by atoms with van der Waals surface area (Å²) < 4.78 is 5.90. The summed E-state index contributed by atoms with van der Waals surface area (Å²) in [5.41, 5.74) is 6.84. The summed E-state index contributed by atoms with van der Waals surface area (Å²) in [6.45, 7) is 0.502. The Hall–Kier alpha value is -2.83. The van der Waals surface area contributed by atoms with Crippen molar-refractivity contribution in [1.29, 1.82) is 0 Å². The summed E-state index contributed by atoms with van der Waals surface area (Å²) in [5, 5.41) is 20.7. The molecule has 1 aromatic carbocycles. The first-order valence-corrected chi connectivity index (χ1v) is 8.24. The number of anilines is 1. The van der Waals surface area contributed by atoms with Gasteiger partial charge in [0.1, 0.15) is 11.4 Å². The highest BCUT2D eigenvalue weighted by molar-refractivity contribution is 5.86. The number of nitrogen functional groups attached to an aromatic ring is 1. The molecule has 7 heteroatoms.